The second-order valence-electron chi connectivity index (χ2n) is 4.86. The molecule has 0 unspecified atom stereocenters. The fourth-order valence-corrected chi connectivity index (χ4v) is 2.81. The molecule has 0 saturated heterocycles. The molecule has 0 aliphatic rings. The van der Waals surface area contributed by atoms with Crippen molar-refractivity contribution in [3.8, 4) is 29.0 Å². The first kappa shape index (κ1) is 19.7. The van der Waals surface area contributed by atoms with Gasteiger partial charge in [-0.15, -0.1) is 5.10 Å². The van der Waals surface area contributed by atoms with Gasteiger partial charge < -0.3 is 14.8 Å². The third-order valence-electron chi connectivity index (χ3n) is 3.41. The molecule has 124 valence electrons. The van der Waals surface area contributed by atoms with Crippen molar-refractivity contribution in [3.63, 3.8) is 0 Å². The number of phenols is 2. The molecule has 3 rings (SSSR count). The summed E-state index contributed by atoms with van der Waals surface area (Å²) in [5, 5.41) is 33.1. The van der Waals surface area contributed by atoms with E-state index in [1.54, 1.807) is 0 Å². The molecule has 2 heterocycles. The molecular formula is C14H6N5NaO5S. The van der Waals surface area contributed by atoms with Crippen LogP contribution in [0, 0.1) is 17.9 Å². The topological polar surface area (TPSA) is 156 Å². The first-order valence-electron chi connectivity index (χ1n) is 6.40. The third-order valence-corrected chi connectivity index (χ3v) is 4.22. The van der Waals surface area contributed by atoms with Gasteiger partial charge in [0.2, 0.25) is 5.69 Å². The van der Waals surface area contributed by atoms with E-state index in [-0.39, 0.29) is 63.2 Å². The number of nitriles is 1. The summed E-state index contributed by atoms with van der Waals surface area (Å²) >= 11 is 0. The maximum absolute atomic E-state index is 11.0. The van der Waals surface area contributed by atoms with Crippen molar-refractivity contribution in [2.24, 2.45) is 0 Å². The van der Waals surface area contributed by atoms with Crippen molar-refractivity contribution in [3.05, 3.63) is 34.5 Å². The largest absolute Gasteiger partial charge is 1.00 e. The molecule has 1 aromatic carbocycles. The Morgan fingerprint density at radius 2 is 1.92 bits per heavy atom. The van der Waals surface area contributed by atoms with E-state index in [2.05, 4.69) is 21.5 Å². The average molecular weight is 379 g/mol. The maximum Gasteiger partial charge on any atom is 1.00 e. The van der Waals surface area contributed by atoms with Crippen LogP contribution in [0.5, 0.6) is 11.5 Å². The van der Waals surface area contributed by atoms with Crippen LogP contribution in [-0.4, -0.2) is 37.8 Å². The molecule has 26 heavy (non-hydrogen) atoms. The number of phenolic OH excluding ortho intramolecular Hbond substituents is 2. The number of rotatable bonds is 2. The summed E-state index contributed by atoms with van der Waals surface area (Å²) in [6, 6.07) is 3.13. The molecule has 0 bridgehead atoms. The maximum atomic E-state index is 11.0. The summed E-state index contributed by atoms with van der Waals surface area (Å²) in [5.41, 5.74) is -0.433. The summed E-state index contributed by atoms with van der Waals surface area (Å²) in [4.78, 5) is 6.38. The molecule has 0 fully saturated rings. The van der Waals surface area contributed by atoms with E-state index in [0.29, 0.717) is 12.1 Å². The van der Waals surface area contributed by atoms with Crippen molar-refractivity contribution in [1.82, 2.24) is 14.6 Å². The van der Waals surface area contributed by atoms with Gasteiger partial charge in [-0.2, -0.15) is 5.26 Å². The number of aromatic hydroxyl groups is 2. The van der Waals surface area contributed by atoms with Crippen LogP contribution < -0.4 is 34.9 Å². The average Bonchev–Trinajstić information content (AvgIpc) is 3.03. The van der Waals surface area contributed by atoms with Gasteiger partial charge in [0.05, 0.1) is 28.4 Å². The van der Waals surface area contributed by atoms with E-state index in [4.69, 9.17) is 11.8 Å². The summed E-state index contributed by atoms with van der Waals surface area (Å²) in [6.45, 7) is 10.8. The third kappa shape index (κ3) is 2.88. The zero-order valence-electron chi connectivity index (χ0n) is 13.1. The number of aromatic nitrogens is 3. The van der Waals surface area contributed by atoms with E-state index in [1.165, 1.54) is 0 Å². The summed E-state index contributed by atoms with van der Waals surface area (Å²) in [5.74, 6) is -1.71. The van der Waals surface area contributed by atoms with E-state index in [0.717, 1.165) is 4.52 Å². The molecular weight excluding hydrogens is 373 g/mol. The summed E-state index contributed by atoms with van der Waals surface area (Å²) < 4.78 is 34.1. The zero-order valence-corrected chi connectivity index (χ0v) is 15.9. The molecule has 2 N–H and O–H groups in total. The van der Waals surface area contributed by atoms with Crippen LogP contribution in [0.2, 0.25) is 0 Å². The van der Waals surface area contributed by atoms with Gasteiger partial charge in [-0.1, -0.05) is 6.58 Å². The van der Waals surface area contributed by atoms with Crippen LogP contribution in [0.1, 0.15) is 5.56 Å². The van der Waals surface area contributed by atoms with Crippen LogP contribution in [0.15, 0.2) is 17.0 Å². The van der Waals surface area contributed by atoms with Gasteiger partial charge >= 0.3 is 29.6 Å². The van der Waals surface area contributed by atoms with Gasteiger partial charge in [-0.25, -0.2) is 22.8 Å². The Kier molecular flexibility index (Phi) is 4.96. The first-order chi connectivity index (χ1) is 11.7. The predicted octanol–water partition coefficient (Wildman–Crippen LogP) is -2.73. The Labute approximate surface area is 168 Å². The number of benzene rings is 1. The van der Waals surface area contributed by atoms with Crippen LogP contribution >= 0.6 is 0 Å². The second kappa shape index (κ2) is 6.57. The molecule has 0 aliphatic carbocycles. The van der Waals surface area contributed by atoms with Crippen molar-refractivity contribution < 1.29 is 52.7 Å². The van der Waals surface area contributed by atoms with Crippen LogP contribution in [0.3, 0.4) is 0 Å². The van der Waals surface area contributed by atoms with Crippen LogP contribution in [-0.2, 0) is 10.1 Å². The van der Waals surface area contributed by atoms with E-state index >= 15 is 0 Å². The summed E-state index contributed by atoms with van der Waals surface area (Å²) in [7, 11) is -4.89. The van der Waals surface area contributed by atoms with Crippen molar-refractivity contribution in [2.75, 3.05) is 0 Å². The Hall–Kier alpha value is -2.67. The number of hydrogen-bond acceptors (Lipinski definition) is 8. The Balaban J connectivity index is 0.00000243. The quantitative estimate of drug-likeness (QED) is 0.276. The predicted molar refractivity (Wildman–Crippen MR) is 81.4 cm³/mol. The van der Waals surface area contributed by atoms with Crippen molar-refractivity contribution >= 4 is 28.0 Å². The van der Waals surface area contributed by atoms with E-state index < -0.39 is 26.5 Å². The van der Waals surface area contributed by atoms with Crippen molar-refractivity contribution in [2.45, 2.75) is 4.90 Å². The molecule has 0 atom stereocenters. The first-order valence-corrected chi connectivity index (χ1v) is 7.81. The van der Waals surface area contributed by atoms with Gasteiger partial charge in [-0.05, 0) is 12.1 Å². The SMILES string of the molecule is [C-]#[N+]c1c(C#N)c(=C)n2nc(-c3c(O)cc(S(=O)(=O)[O-])cc3O)nc12.[Na+]. The normalized spacial score (nSPS) is 10.9. The van der Waals surface area contributed by atoms with E-state index in [1.807, 2.05) is 6.07 Å². The molecule has 0 saturated carbocycles. The second-order valence-corrected chi connectivity index (χ2v) is 6.24. The molecule has 0 spiro atoms. The molecule has 12 heteroatoms. The molecule has 3 aromatic rings. The zero-order chi connectivity index (χ0) is 18.5. The van der Waals surface area contributed by atoms with Gasteiger partial charge in [0, 0.05) is 0 Å². The smallest absolute Gasteiger partial charge is 0.744 e. The van der Waals surface area contributed by atoms with Gasteiger partial charge in [0.15, 0.2) is 11.5 Å². The number of nitrogens with zero attached hydrogens (tertiary/aromatic N) is 5. The Morgan fingerprint density at radius 1 is 1.35 bits per heavy atom. The van der Waals surface area contributed by atoms with E-state index in [9.17, 15) is 23.2 Å². The molecule has 0 radical (unpaired) electrons. The molecule has 0 aliphatic heterocycles. The van der Waals surface area contributed by atoms with Crippen LogP contribution in [0.25, 0.3) is 28.5 Å². The van der Waals surface area contributed by atoms with Gasteiger partial charge in [0.1, 0.15) is 27.2 Å². The Morgan fingerprint density at radius 3 is 2.38 bits per heavy atom. The van der Waals surface area contributed by atoms with Crippen molar-refractivity contribution in [1.29, 1.82) is 5.26 Å². The fraction of sp³-hybridized carbons (Fsp3) is 0. The van der Waals surface area contributed by atoms with Gasteiger partial charge in [-0.3, -0.25) is 0 Å². The van der Waals surface area contributed by atoms with Gasteiger partial charge in [0.25, 0.3) is 0 Å². The fourth-order valence-electron chi connectivity index (χ4n) is 2.30. The standard InChI is InChI=1S/C14H7N5O5S.Na/c1-6-8(5-15)12(16-2)14-17-13(18-19(6)14)11-9(20)3-7(4-10(11)21)25(22,23)24;/h3-4,20-21H,1H2,(H,22,23,24);/q;+1/p-1. The number of fused-ring (bicyclic) bond motifs is 1. The Bertz CT molecular complexity index is 1260. The summed E-state index contributed by atoms with van der Waals surface area (Å²) in [6.07, 6.45) is 0. The minimum atomic E-state index is -4.89. The number of hydrogen-bond donors (Lipinski definition) is 2. The molecule has 2 aromatic heterocycles. The minimum absolute atomic E-state index is 0. The van der Waals surface area contributed by atoms with Crippen LogP contribution in [0.4, 0.5) is 5.69 Å². The molecule has 0 amide bonds. The monoisotopic (exact) mass is 379 g/mol. The minimum Gasteiger partial charge on any atom is -0.744 e. The molecule has 10 nitrogen and oxygen atoms in total.